The Hall–Kier alpha value is -0.580. The van der Waals surface area contributed by atoms with Gasteiger partial charge in [-0.05, 0) is 33.7 Å². The topological polar surface area (TPSA) is 39.1 Å². The van der Waals surface area contributed by atoms with Gasteiger partial charge in [-0.2, -0.15) is 5.10 Å². The lowest BCUT2D eigenvalue weighted by molar-refractivity contribution is 0.0824. The first-order valence-corrected chi connectivity index (χ1v) is 7.40. The molecule has 1 N–H and O–H groups in total. The van der Waals surface area contributed by atoms with Crippen LogP contribution in [0.5, 0.6) is 0 Å². The second kappa shape index (κ2) is 7.88. The molecule has 0 saturated carbocycles. The first-order valence-electron chi connectivity index (χ1n) is 7.03. The van der Waals surface area contributed by atoms with Crippen LogP contribution in [-0.2, 0) is 17.7 Å². The molecule has 0 aliphatic heterocycles. The fourth-order valence-corrected chi connectivity index (χ4v) is 2.38. The summed E-state index contributed by atoms with van der Waals surface area (Å²) >= 11 is 6.37. The highest BCUT2D eigenvalue weighted by Gasteiger charge is 2.21. The first kappa shape index (κ1) is 16.5. The van der Waals surface area contributed by atoms with Crippen LogP contribution in [0.4, 0.5) is 0 Å². The SMILES string of the molecule is CCCNC(Cc1c(Cl)c(C)nn1CC)C(C)OC. The zero-order chi connectivity index (χ0) is 14.4. The van der Waals surface area contributed by atoms with Gasteiger partial charge in [-0.15, -0.1) is 0 Å². The first-order chi connectivity index (χ1) is 9.04. The molecule has 2 unspecified atom stereocenters. The number of nitrogens with zero attached hydrogens (tertiary/aromatic N) is 2. The minimum atomic E-state index is 0.142. The molecule has 4 nitrogen and oxygen atoms in total. The molecule has 0 spiro atoms. The largest absolute Gasteiger partial charge is 0.380 e. The highest BCUT2D eigenvalue weighted by atomic mass is 35.5. The zero-order valence-corrected chi connectivity index (χ0v) is 13.4. The molecule has 2 atom stereocenters. The lowest BCUT2D eigenvalue weighted by atomic mass is 10.1. The molecule has 1 heterocycles. The van der Waals surface area contributed by atoms with Crippen molar-refractivity contribution in [1.82, 2.24) is 15.1 Å². The van der Waals surface area contributed by atoms with Gasteiger partial charge >= 0.3 is 0 Å². The minimum absolute atomic E-state index is 0.142. The Kier molecular flexibility index (Phi) is 6.83. The highest BCUT2D eigenvalue weighted by molar-refractivity contribution is 6.31. The van der Waals surface area contributed by atoms with Crippen molar-refractivity contribution < 1.29 is 4.74 Å². The van der Waals surface area contributed by atoms with Gasteiger partial charge in [0.15, 0.2) is 0 Å². The van der Waals surface area contributed by atoms with Crippen LogP contribution in [0.1, 0.15) is 38.6 Å². The lowest BCUT2D eigenvalue weighted by Gasteiger charge is -2.24. The second-order valence-corrected chi connectivity index (χ2v) is 5.25. The zero-order valence-electron chi connectivity index (χ0n) is 12.7. The Balaban J connectivity index is 2.88. The number of aromatic nitrogens is 2. The Morgan fingerprint density at radius 1 is 1.42 bits per heavy atom. The molecule has 0 saturated heterocycles. The molecular formula is C14H26ClN3O. The van der Waals surface area contributed by atoms with E-state index in [9.17, 15) is 0 Å². The van der Waals surface area contributed by atoms with Crippen LogP contribution in [0.2, 0.25) is 5.02 Å². The van der Waals surface area contributed by atoms with Crippen LogP contribution in [-0.4, -0.2) is 35.6 Å². The Bertz CT molecular complexity index is 392. The fraction of sp³-hybridized carbons (Fsp3) is 0.786. The molecule has 0 aliphatic carbocycles. The minimum Gasteiger partial charge on any atom is -0.380 e. The maximum Gasteiger partial charge on any atom is 0.0847 e. The summed E-state index contributed by atoms with van der Waals surface area (Å²) in [7, 11) is 1.75. The van der Waals surface area contributed by atoms with E-state index in [0.717, 1.165) is 42.3 Å². The van der Waals surface area contributed by atoms with Gasteiger partial charge < -0.3 is 10.1 Å². The standard InChI is InChI=1S/C14H26ClN3O/c1-6-8-16-12(11(4)19-5)9-13-14(15)10(3)17-18(13)7-2/h11-12,16H,6-9H2,1-5H3. The summed E-state index contributed by atoms with van der Waals surface area (Å²) in [5.74, 6) is 0. The molecule has 0 amide bonds. The molecule has 0 bridgehead atoms. The summed E-state index contributed by atoms with van der Waals surface area (Å²) in [5, 5.41) is 8.78. The average molecular weight is 288 g/mol. The van der Waals surface area contributed by atoms with E-state index >= 15 is 0 Å². The van der Waals surface area contributed by atoms with Crippen molar-refractivity contribution >= 4 is 11.6 Å². The van der Waals surface area contributed by atoms with E-state index in [1.54, 1.807) is 7.11 Å². The van der Waals surface area contributed by atoms with Crippen molar-refractivity contribution in [1.29, 1.82) is 0 Å². The molecule has 19 heavy (non-hydrogen) atoms. The summed E-state index contributed by atoms with van der Waals surface area (Å²) < 4.78 is 7.45. The number of nitrogens with one attached hydrogen (secondary N) is 1. The van der Waals surface area contributed by atoms with E-state index in [1.165, 1.54) is 0 Å². The lowest BCUT2D eigenvalue weighted by Crippen LogP contribution is -2.42. The predicted molar refractivity (Wildman–Crippen MR) is 79.9 cm³/mol. The van der Waals surface area contributed by atoms with Gasteiger partial charge in [0.05, 0.1) is 22.5 Å². The number of hydrogen-bond acceptors (Lipinski definition) is 3. The van der Waals surface area contributed by atoms with Crippen LogP contribution in [0.15, 0.2) is 0 Å². The predicted octanol–water partition coefficient (Wildman–Crippen LogP) is 2.81. The van der Waals surface area contributed by atoms with Crippen molar-refractivity contribution in [2.24, 2.45) is 0 Å². The summed E-state index contributed by atoms with van der Waals surface area (Å²) in [5.41, 5.74) is 2.00. The molecule has 110 valence electrons. The molecule has 0 aromatic carbocycles. The Labute approximate surface area is 121 Å². The van der Waals surface area contributed by atoms with Crippen molar-refractivity contribution in [3.05, 3.63) is 16.4 Å². The summed E-state index contributed by atoms with van der Waals surface area (Å²) in [4.78, 5) is 0. The Morgan fingerprint density at radius 3 is 2.63 bits per heavy atom. The number of rotatable bonds is 8. The molecule has 1 rings (SSSR count). The van der Waals surface area contributed by atoms with Gasteiger partial charge in [-0.1, -0.05) is 18.5 Å². The molecule has 0 radical (unpaired) electrons. The van der Waals surface area contributed by atoms with Crippen molar-refractivity contribution in [3.63, 3.8) is 0 Å². The summed E-state index contributed by atoms with van der Waals surface area (Å²) in [6, 6.07) is 0.254. The smallest absolute Gasteiger partial charge is 0.0847 e. The third kappa shape index (κ3) is 4.20. The van der Waals surface area contributed by atoms with E-state index in [0.29, 0.717) is 0 Å². The summed E-state index contributed by atoms with van der Waals surface area (Å²) in [6.07, 6.45) is 2.08. The molecular weight excluding hydrogens is 262 g/mol. The van der Waals surface area contributed by atoms with Crippen molar-refractivity contribution in [2.45, 2.75) is 59.2 Å². The van der Waals surface area contributed by atoms with Gasteiger partial charge in [-0.25, -0.2) is 0 Å². The quantitative estimate of drug-likeness (QED) is 0.799. The number of methoxy groups -OCH3 is 1. The maximum absolute atomic E-state index is 6.37. The van der Waals surface area contributed by atoms with E-state index < -0.39 is 0 Å². The number of ether oxygens (including phenoxy) is 1. The van der Waals surface area contributed by atoms with Crippen molar-refractivity contribution in [3.8, 4) is 0 Å². The van der Waals surface area contributed by atoms with E-state index in [4.69, 9.17) is 16.3 Å². The number of aryl methyl sites for hydroxylation is 2. The fourth-order valence-electron chi connectivity index (χ4n) is 2.17. The van der Waals surface area contributed by atoms with Crippen LogP contribution in [0.3, 0.4) is 0 Å². The van der Waals surface area contributed by atoms with Gasteiger partial charge in [0, 0.05) is 26.1 Å². The van der Waals surface area contributed by atoms with Crippen LogP contribution in [0.25, 0.3) is 0 Å². The monoisotopic (exact) mass is 287 g/mol. The molecule has 0 aliphatic rings. The Morgan fingerprint density at radius 2 is 2.11 bits per heavy atom. The van der Waals surface area contributed by atoms with Gasteiger partial charge in [0.25, 0.3) is 0 Å². The van der Waals surface area contributed by atoms with Gasteiger partial charge in [0.1, 0.15) is 0 Å². The summed E-state index contributed by atoms with van der Waals surface area (Å²) in [6.45, 7) is 10.1. The molecule has 1 aromatic heterocycles. The van der Waals surface area contributed by atoms with Crippen LogP contribution >= 0.6 is 11.6 Å². The van der Waals surface area contributed by atoms with Crippen molar-refractivity contribution in [2.75, 3.05) is 13.7 Å². The van der Waals surface area contributed by atoms with E-state index in [1.807, 2.05) is 11.6 Å². The molecule has 1 aromatic rings. The number of hydrogen-bond donors (Lipinski definition) is 1. The normalized spacial score (nSPS) is 14.6. The highest BCUT2D eigenvalue weighted by Crippen LogP contribution is 2.22. The third-order valence-electron chi connectivity index (χ3n) is 3.46. The van der Waals surface area contributed by atoms with Crippen LogP contribution < -0.4 is 5.32 Å². The number of halogens is 1. The van der Waals surface area contributed by atoms with Gasteiger partial charge in [-0.3, -0.25) is 4.68 Å². The maximum atomic E-state index is 6.37. The van der Waals surface area contributed by atoms with Crippen LogP contribution in [0, 0.1) is 6.92 Å². The van der Waals surface area contributed by atoms with E-state index in [-0.39, 0.29) is 12.1 Å². The molecule has 5 heteroatoms. The van der Waals surface area contributed by atoms with E-state index in [2.05, 4.69) is 31.2 Å². The molecule has 0 fully saturated rings. The second-order valence-electron chi connectivity index (χ2n) is 4.87. The average Bonchev–Trinajstić information content (AvgIpc) is 2.69. The van der Waals surface area contributed by atoms with Gasteiger partial charge in [0.2, 0.25) is 0 Å². The third-order valence-corrected chi connectivity index (χ3v) is 3.95.